The van der Waals surface area contributed by atoms with Crippen molar-refractivity contribution in [1.82, 2.24) is 21.0 Å². The van der Waals surface area contributed by atoms with Crippen molar-refractivity contribution in [2.75, 3.05) is 6.79 Å². The number of hydrogen-bond acceptors (Lipinski definition) is 7. The molecule has 1 fully saturated rings. The van der Waals surface area contributed by atoms with Crippen LogP contribution in [0.4, 0.5) is 0 Å². The Morgan fingerprint density at radius 2 is 1.75 bits per heavy atom. The highest BCUT2D eigenvalue weighted by Gasteiger charge is 2.30. The summed E-state index contributed by atoms with van der Waals surface area (Å²) in [6.45, 7) is 4.65. The lowest BCUT2D eigenvalue weighted by molar-refractivity contribution is 0.174. The maximum atomic E-state index is 5.52. The van der Waals surface area contributed by atoms with E-state index in [1.54, 1.807) is 0 Å². The molecule has 2 aliphatic rings. The van der Waals surface area contributed by atoms with Crippen LogP contribution in [0.25, 0.3) is 11.4 Å². The van der Waals surface area contributed by atoms with Crippen LogP contribution >= 0.6 is 0 Å². The van der Waals surface area contributed by atoms with E-state index >= 15 is 0 Å². The van der Waals surface area contributed by atoms with E-state index in [-0.39, 0.29) is 18.9 Å². The number of ether oxygens (including phenoxy) is 2. The third-order valence-corrected chi connectivity index (χ3v) is 5.28. The molecule has 0 saturated carbocycles. The van der Waals surface area contributed by atoms with E-state index in [1.807, 2.05) is 18.2 Å². The first-order valence-electron chi connectivity index (χ1n) is 9.52. The summed E-state index contributed by atoms with van der Waals surface area (Å²) < 4.78 is 16.3. The summed E-state index contributed by atoms with van der Waals surface area (Å²) in [7, 11) is 0. The Labute approximate surface area is 163 Å². The molecule has 2 aromatic carbocycles. The molecular weight excluding hydrogens is 356 g/mol. The molecule has 144 valence electrons. The number of hydrazine groups is 1. The quantitative estimate of drug-likeness (QED) is 0.713. The molecule has 2 N–H and O–H groups in total. The Morgan fingerprint density at radius 1 is 0.964 bits per heavy atom. The second-order valence-electron chi connectivity index (χ2n) is 7.48. The van der Waals surface area contributed by atoms with E-state index in [0.29, 0.717) is 23.4 Å². The average molecular weight is 378 g/mol. The van der Waals surface area contributed by atoms with Gasteiger partial charge in [-0.1, -0.05) is 43.3 Å². The molecule has 0 aliphatic carbocycles. The van der Waals surface area contributed by atoms with Crippen LogP contribution in [0.2, 0.25) is 0 Å². The second kappa shape index (κ2) is 6.92. The van der Waals surface area contributed by atoms with Gasteiger partial charge in [0.15, 0.2) is 11.5 Å². The number of aromatic nitrogens is 2. The lowest BCUT2D eigenvalue weighted by Gasteiger charge is -2.11. The summed E-state index contributed by atoms with van der Waals surface area (Å²) >= 11 is 0. The third kappa shape index (κ3) is 3.12. The van der Waals surface area contributed by atoms with Crippen LogP contribution in [0.3, 0.4) is 0 Å². The molecule has 0 radical (unpaired) electrons. The number of rotatable bonds is 4. The Balaban J connectivity index is 1.30. The first kappa shape index (κ1) is 17.2. The third-order valence-electron chi connectivity index (χ3n) is 5.28. The molecule has 2 aliphatic heterocycles. The lowest BCUT2D eigenvalue weighted by Crippen LogP contribution is -2.26. The molecule has 1 aromatic heterocycles. The zero-order chi connectivity index (χ0) is 19.1. The molecule has 0 bridgehead atoms. The Hall–Kier alpha value is -2.90. The van der Waals surface area contributed by atoms with Gasteiger partial charge in [-0.05, 0) is 41.7 Å². The van der Waals surface area contributed by atoms with Gasteiger partial charge in [-0.15, -0.1) is 0 Å². The fraction of sp³-hybridized carbons (Fsp3) is 0.333. The minimum absolute atomic E-state index is 0.0370. The zero-order valence-corrected chi connectivity index (χ0v) is 15.8. The molecule has 1 saturated heterocycles. The fourth-order valence-corrected chi connectivity index (χ4v) is 3.58. The van der Waals surface area contributed by atoms with Crippen LogP contribution < -0.4 is 20.3 Å². The normalized spacial score (nSPS) is 20.8. The maximum Gasteiger partial charge on any atom is 0.245 e. The SMILES string of the molecule is CC(C)c1ccc(C2CC(c3nc(-c4ccc5c(c4)OCO5)no3)NN2)cc1. The molecule has 3 heterocycles. The van der Waals surface area contributed by atoms with E-state index in [0.717, 1.165) is 17.7 Å². The van der Waals surface area contributed by atoms with Crippen molar-refractivity contribution < 1.29 is 14.0 Å². The summed E-state index contributed by atoms with van der Waals surface area (Å²) in [4.78, 5) is 4.58. The van der Waals surface area contributed by atoms with Crippen LogP contribution in [-0.2, 0) is 0 Å². The summed E-state index contributed by atoms with van der Waals surface area (Å²) in [5, 5.41) is 4.14. The highest BCUT2D eigenvalue weighted by molar-refractivity contribution is 5.61. The van der Waals surface area contributed by atoms with Gasteiger partial charge in [0, 0.05) is 11.6 Å². The molecule has 7 heteroatoms. The second-order valence-corrected chi connectivity index (χ2v) is 7.48. The zero-order valence-electron chi connectivity index (χ0n) is 15.8. The fourth-order valence-electron chi connectivity index (χ4n) is 3.58. The van der Waals surface area contributed by atoms with Crippen molar-refractivity contribution in [2.45, 2.75) is 38.3 Å². The molecule has 3 aromatic rings. The summed E-state index contributed by atoms with van der Waals surface area (Å²) in [6, 6.07) is 14.6. The smallest absolute Gasteiger partial charge is 0.245 e. The van der Waals surface area contributed by atoms with E-state index in [9.17, 15) is 0 Å². The average Bonchev–Trinajstić information content (AvgIpc) is 3.47. The van der Waals surface area contributed by atoms with Gasteiger partial charge in [-0.2, -0.15) is 4.98 Å². The molecule has 0 amide bonds. The van der Waals surface area contributed by atoms with Crippen LogP contribution in [0.15, 0.2) is 47.0 Å². The van der Waals surface area contributed by atoms with Crippen molar-refractivity contribution in [3.8, 4) is 22.9 Å². The molecule has 2 unspecified atom stereocenters. The monoisotopic (exact) mass is 378 g/mol. The van der Waals surface area contributed by atoms with Crippen molar-refractivity contribution >= 4 is 0 Å². The largest absolute Gasteiger partial charge is 0.454 e. The van der Waals surface area contributed by atoms with E-state index in [4.69, 9.17) is 14.0 Å². The molecule has 5 rings (SSSR count). The van der Waals surface area contributed by atoms with E-state index in [1.165, 1.54) is 11.1 Å². The van der Waals surface area contributed by atoms with Gasteiger partial charge in [0.25, 0.3) is 0 Å². The van der Waals surface area contributed by atoms with Crippen LogP contribution in [0.1, 0.15) is 55.3 Å². The van der Waals surface area contributed by atoms with Crippen LogP contribution in [0.5, 0.6) is 11.5 Å². The molecular formula is C21H22N4O3. The highest BCUT2D eigenvalue weighted by Crippen LogP contribution is 2.36. The van der Waals surface area contributed by atoms with Gasteiger partial charge in [0.05, 0.1) is 0 Å². The van der Waals surface area contributed by atoms with Crippen LogP contribution in [0, 0.1) is 0 Å². The number of nitrogens with one attached hydrogen (secondary N) is 2. The topological polar surface area (TPSA) is 81.4 Å². The van der Waals surface area contributed by atoms with Crippen LogP contribution in [-0.4, -0.2) is 16.9 Å². The Morgan fingerprint density at radius 3 is 2.57 bits per heavy atom. The summed E-state index contributed by atoms with van der Waals surface area (Å²) in [6.07, 6.45) is 0.837. The minimum Gasteiger partial charge on any atom is -0.454 e. The first-order chi connectivity index (χ1) is 13.7. The standard InChI is InChI=1S/C21H22N4O3/c1-12(2)13-3-5-14(6-4-13)16-10-17(24-23-16)21-22-20(25-28-21)15-7-8-18-19(9-15)27-11-26-18/h3-9,12,16-17,23-24H,10-11H2,1-2H3. The molecule has 28 heavy (non-hydrogen) atoms. The van der Waals surface area contributed by atoms with Gasteiger partial charge < -0.3 is 14.0 Å². The van der Waals surface area contributed by atoms with Crippen molar-refractivity contribution in [3.63, 3.8) is 0 Å². The predicted molar refractivity (Wildman–Crippen MR) is 103 cm³/mol. The number of nitrogens with zero attached hydrogens (tertiary/aromatic N) is 2. The van der Waals surface area contributed by atoms with Gasteiger partial charge in [0.1, 0.15) is 6.04 Å². The maximum absolute atomic E-state index is 5.52. The highest BCUT2D eigenvalue weighted by atomic mass is 16.7. The van der Waals surface area contributed by atoms with E-state index in [2.05, 4.69) is 59.1 Å². The van der Waals surface area contributed by atoms with E-state index < -0.39 is 0 Å². The Kier molecular flexibility index (Phi) is 4.26. The number of fused-ring (bicyclic) bond motifs is 1. The van der Waals surface area contributed by atoms with Crippen molar-refractivity contribution in [1.29, 1.82) is 0 Å². The van der Waals surface area contributed by atoms with Gasteiger partial charge >= 0.3 is 0 Å². The Bertz CT molecular complexity index is 984. The van der Waals surface area contributed by atoms with Gasteiger partial charge in [0.2, 0.25) is 18.5 Å². The molecule has 7 nitrogen and oxygen atoms in total. The van der Waals surface area contributed by atoms with Gasteiger partial charge in [-0.25, -0.2) is 10.9 Å². The number of hydrogen-bond donors (Lipinski definition) is 2. The lowest BCUT2D eigenvalue weighted by atomic mass is 9.97. The number of benzene rings is 2. The predicted octanol–water partition coefficient (Wildman–Crippen LogP) is 3.87. The van der Waals surface area contributed by atoms with Crippen molar-refractivity contribution in [3.05, 3.63) is 59.5 Å². The summed E-state index contributed by atoms with van der Waals surface area (Å²) in [5.41, 5.74) is 10.0. The molecule has 2 atom stereocenters. The summed E-state index contributed by atoms with van der Waals surface area (Å²) in [5.74, 6) is 3.08. The molecule has 0 spiro atoms. The van der Waals surface area contributed by atoms with Gasteiger partial charge in [-0.3, -0.25) is 0 Å². The first-order valence-corrected chi connectivity index (χ1v) is 9.52. The van der Waals surface area contributed by atoms with Crippen molar-refractivity contribution in [2.24, 2.45) is 0 Å². The minimum atomic E-state index is -0.0370.